The molecule has 4 N–H and O–H groups in total. The molecule has 0 radical (unpaired) electrons. The molecule has 0 fully saturated rings. The van der Waals surface area contributed by atoms with Gasteiger partial charge in [-0.3, -0.25) is 9.59 Å². The van der Waals surface area contributed by atoms with Crippen LogP contribution in [0.15, 0.2) is 41.6 Å². The number of aromatic carboxylic acids is 1. The molecule has 0 bridgehead atoms. The lowest BCUT2D eigenvalue weighted by Crippen LogP contribution is -2.30. The van der Waals surface area contributed by atoms with E-state index < -0.39 is 35.2 Å². The highest BCUT2D eigenvalue weighted by Crippen LogP contribution is 2.44. The van der Waals surface area contributed by atoms with E-state index in [2.05, 4.69) is 10.3 Å². The molecule has 0 spiro atoms. The lowest BCUT2D eigenvalue weighted by atomic mass is 9.99. The van der Waals surface area contributed by atoms with Crippen molar-refractivity contribution in [3.8, 4) is 5.75 Å². The van der Waals surface area contributed by atoms with Gasteiger partial charge >= 0.3 is 12.1 Å². The number of carboxylic acids is 1. The third kappa shape index (κ3) is 6.16. The Bertz CT molecular complexity index is 1700. The Hall–Kier alpha value is -4.62. The van der Waals surface area contributed by atoms with Crippen molar-refractivity contribution in [2.75, 3.05) is 24.2 Å². The maximum Gasteiger partial charge on any atom is 0.446 e. The Labute approximate surface area is 236 Å². The fourth-order valence-corrected chi connectivity index (χ4v) is 4.95. The molecule has 0 amide bonds. The second kappa shape index (κ2) is 12.1. The zero-order valence-electron chi connectivity index (χ0n) is 22.7. The molecule has 1 aliphatic heterocycles. The van der Waals surface area contributed by atoms with Gasteiger partial charge in [-0.15, -0.1) is 0 Å². The molecule has 1 atom stereocenters. The summed E-state index contributed by atoms with van der Waals surface area (Å²) in [6.45, 7) is 5.39. The molecule has 42 heavy (non-hydrogen) atoms. The summed E-state index contributed by atoms with van der Waals surface area (Å²) >= 11 is 0. The summed E-state index contributed by atoms with van der Waals surface area (Å²) in [6, 6.07) is 7.61. The Morgan fingerprint density at radius 1 is 1.31 bits per heavy atom. The van der Waals surface area contributed by atoms with E-state index in [4.69, 9.17) is 15.3 Å². The van der Waals surface area contributed by atoms with Crippen LogP contribution in [0.5, 0.6) is 5.75 Å². The number of nitrogens with zero attached hydrogens (tertiary/aromatic N) is 3. The maximum absolute atomic E-state index is 15.5. The van der Waals surface area contributed by atoms with Crippen LogP contribution in [0.25, 0.3) is 21.9 Å². The third-order valence-corrected chi connectivity index (χ3v) is 6.73. The van der Waals surface area contributed by atoms with Crippen LogP contribution in [0.1, 0.15) is 43.1 Å². The summed E-state index contributed by atoms with van der Waals surface area (Å²) < 4.78 is 56.5. The highest BCUT2D eigenvalue weighted by Gasteiger charge is 2.32. The predicted molar refractivity (Wildman–Crippen MR) is 148 cm³/mol. The van der Waals surface area contributed by atoms with Gasteiger partial charge in [0.15, 0.2) is 11.6 Å². The second-order valence-corrected chi connectivity index (χ2v) is 10.2. The van der Waals surface area contributed by atoms with Crippen LogP contribution in [-0.4, -0.2) is 50.8 Å². The van der Waals surface area contributed by atoms with Gasteiger partial charge in [0.25, 0.3) is 0 Å². The summed E-state index contributed by atoms with van der Waals surface area (Å²) in [5.74, 6) is -1.73. The van der Waals surface area contributed by atoms with Crippen molar-refractivity contribution in [3.05, 3.63) is 58.4 Å². The van der Waals surface area contributed by atoms with Crippen molar-refractivity contribution < 1.29 is 37.0 Å². The van der Waals surface area contributed by atoms with E-state index >= 15 is 4.39 Å². The minimum absolute atomic E-state index is 0.0784. The number of aldehydes is 1. The third-order valence-electron chi connectivity index (χ3n) is 6.73. The van der Waals surface area contributed by atoms with Crippen molar-refractivity contribution in [2.24, 2.45) is 5.92 Å². The largest absolute Gasteiger partial charge is 0.487 e. The van der Waals surface area contributed by atoms with Crippen LogP contribution in [-0.2, 0) is 11.3 Å². The number of anilines is 2. The fraction of sp³-hybridized carbons (Fsp3) is 0.357. The van der Waals surface area contributed by atoms with Gasteiger partial charge in [0.2, 0.25) is 11.7 Å². The molecular formula is C28H29F4N5O5. The normalized spacial score (nSPS) is 14.4. The number of carbonyl (C=O) groups excluding carboxylic acids is 1. The monoisotopic (exact) mass is 591 g/mol. The number of para-hydroxylation sites is 2. The van der Waals surface area contributed by atoms with Crippen LogP contribution in [0.3, 0.4) is 0 Å². The van der Waals surface area contributed by atoms with Crippen LogP contribution < -0.4 is 21.2 Å². The quantitative estimate of drug-likeness (QED) is 0.113. The number of carboxylic acid groups (broad SMARTS) is 1. The Kier molecular flexibility index (Phi) is 8.73. The molecule has 0 saturated carbocycles. The van der Waals surface area contributed by atoms with E-state index in [0.717, 1.165) is 11.0 Å². The number of hydrogen-bond donors (Lipinski definition) is 3. The molecule has 0 saturated heterocycles. The number of fused-ring (bicyclic) bond motifs is 1. The Morgan fingerprint density at radius 2 is 2.00 bits per heavy atom. The van der Waals surface area contributed by atoms with Crippen LogP contribution in [0.4, 0.5) is 28.9 Å². The van der Waals surface area contributed by atoms with Crippen LogP contribution >= 0.6 is 0 Å². The predicted octanol–water partition coefficient (Wildman–Crippen LogP) is 5.00. The summed E-state index contributed by atoms with van der Waals surface area (Å²) in [5.41, 5.74) is 6.79. The molecule has 14 heteroatoms. The first-order valence-corrected chi connectivity index (χ1v) is 13.1. The van der Waals surface area contributed by atoms with E-state index in [1.165, 1.54) is 6.20 Å². The number of aryl methyl sites for hydroxylation is 1. The lowest BCUT2D eigenvalue weighted by molar-refractivity contribution is -0.156. The number of carbonyl (C=O) groups is 2. The average Bonchev–Trinajstić information content (AvgIpc) is 3.34. The minimum Gasteiger partial charge on any atom is -0.487 e. The number of alkyl halides is 3. The number of nitrogens with one attached hydrogen (secondary N) is 1. The van der Waals surface area contributed by atoms with Gasteiger partial charge in [0, 0.05) is 19.3 Å². The number of pyridine rings is 1. The molecular weight excluding hydrogens is 562 g/mol. The number of rotatable bonds is 8. The molecule has 3 heterocycles. The molecule has 0 aliphatic carbocycles. The highest BCUT2D eigenvalue weighted by molar-refractivity contribution is 6.03. The van der Waals surface area contributed by atoms with Gasteiger partial charge in [0.1, 0.15) is 17.9 Å². The summed E-state index contributed by atoms with van der Waals surface area (Å²) in [5, 5.41) is 12.5. The summed E-state index contributed by atoms with van der Waals surface area (Å²) in [6.07, 6.45) is -1.24. The van der Waals surface area contributed by atoms with E-state index in [1.807, 2.05) is 42.7 Å². The second-order valence-electron chi connectivity index (χ2n) is 10.2. The highest BCUT2D eigenvalue weighted by atomic mass is 19.4. The van der Waals surface area contributed by atoms with E-state index in [0.29, 0.717) is 31.4 Å². The number of aromatic nitrogens is 3. The molecule has 2 aromatic carbocycles. The van der Waals surface area contributed by atoms with Crippen molar-refractivity contribution >= 4 is 45.6 Å². The van der Waals surface area contributed by atoms with E-state index in [1.54, 1.807) is 10.9 Å². The first-order chi connectivity index (χ1) is 19.8. The van der Waals surface area contributed by atoms with Gasteiger partial charge in [0.05, 0.1) is 40.0 Å². The Balaban J connectivity index is 0.000000612. The zero-order valence-corrected chi connectivity index (χ0v) is 22.7. The average molecular weight is 592 g/mol. The standard InChI is InChI=1S/C26H28FN5O4.C2HF3O/c1-14(2)10-15-12-36-25-22(29-8-5-9-31-13-30-17-6-3-4-7-18(17)31)20(27)21(28)19-23(25)32(15)11-16(24(19)33)26(34)35;3-2(4,5)1-6/h3-4,6-7,11,13-15,29H,5,8-10,12,28H2,1-2H3,(H,34,35);1H/t15-;/m0./s1. The summed E-state index contributed by atoms with van der Waals surface area (Å²) in [4.78, 5) is 37.9. The van der Waals surface area contributed by atoms with Gasteiger partial charge in [-0.05, 0) is 30.9 Å². The number of nitrogens with two attached hydrogens (primary N) is 1. The summed E-state index contributed by atoms with van der Waals surface area (Å²) in [7, 11) is 0. The topological polar surface area (TPSA) is 141 Å². The molecule has 1 aliphatic rings. The van der Waals surface area contributed by atoms with Crippen LogP contribution in [0.2, 0.25) is 0 Å². The molecule has 2 aromatic heterocycles. The molecule has 10 nitrogen and oxygen atoms in total. The first-order valence-electron chi connectivity index (χ1n) is 13.1. The van der Waals surface area contributed by atoms with Crippen molar-refractivity contribution in [1.29, 1.82) is 0 Å². The number of nitrogen functional groups attached to an aromatic ring is 1. The maximum atomic E-state index is 15.5. The van der Waals surface area contributed by atoms with E-state index in [9.17, 15) is 27.9 Å². The Morgan fingerprint density at radius 3 is 2.64 bits per heavy atom. The van der Waals surface area contributed by atoms with Crippen molar-refractivity contribution in [2.45, 2.75) is 45.5 Å². The van der Waals surface area contributed by atoms with E-state index in [-0.39, 0.29) is 41.1 Å². The number of imidazole rings is 1. The van der Waals surface area contributed by atoms with Gasteiger partial charge in [-0.25, -0.2) is 14.2 Å². The fourth-order valence-electron chi connectivity index (χ4n) is 4.95. The number of benzene rings is 2. The lowest BCUT2D eigenvalue weighted by Gasteiger charge is -2.32. The smallest absolute Gasteiger partial charge is 0.446 e. The number of ether oxygens (including phenoxy) is 1. The molecule has 5 rings (SSSR count). The molecule has 0 unspecified atom stereocenters. The van der Waals surface area contributed by atoms with Crippen molar-refractivity contribution in [1.82, 2.24) is 14.1 Å². The minimum atomic E-state index is -4.64. The first kappa shape index (κ1) is 30.3. The van der Waals surface area contributed by atoms with Gasteiger partial charge in [-0.2, -0.15) is 13.2 Å². The van der Waals surface area contributed by atoms with Crippen molar-refractivity contribution in [3.63, 3.8) is 0 Å². The zero-order chi connectivity index (χ0) is 30.8. The van der Waals surface area contributed by atoms with Gasteiger partial charge < -0.3 is 30.0 Å². The van der Waals surface area contributed by atoms with Gasteiger partial charge in [-0.1, -0.05) is 26.0 Å². The SMILES string of the molecule is CC(C)C[C@H]1COc2c(NCCCn3cnc4ccccc43)c(F)c(N)c3c(=O)c(C(=O)O)cn1c23.O=CC(F)(F)F. The molecule has 224 valence electrons. The van der Waals surface area contributed by atoms with Crippen LogP contribution in [0, 0.1) is 11.7 Å². The molecule has 4 aromatic rings. The number of hydrogen-bond acceptors (Lipinski definition) is 7. The number of halogens is 4.